The number of carbonyl (C=O) groups excluding carboxylic acids is 2. The summed E-state index contributed by atoms with van der Waals surface area (Å²) in [6.07, 6.45) is 1.31. The van der Waals surface area contributed by atoms with Gasteiger partial charge in [0.1, 0.15) is 18.6 Å². The average Bonchev–Trinajstić information content (AvgIpc) is 2.31. The van der Waals surface area contributed by atoms with E-state index < -0.39 is 11.9 Å². The summed E-state index contributed by atoms with van der Waals surface area (Å²) in [7, 11) is 0. The predicted molar refractivity (Wildman–Crippen MR) is 51.9 cm³/mol. The van der Waals surface area contributed by atoms with Crippen LogP contribution in [0.4, 0.5) is 0 Å². The van der Waals surface area contributed by atoms with E-state index in [-0.39, 0.29) is 30.5 Å². The van der Waals surface area contributed by atoms with Crippen molar-refractivity contribution in [2.75, 3.05) is 0 Å². The van der Waals surface area contributed by atoms with Gasteiger partial charge in [-0.2, -0.15) is 0 Å². The second-order valence-corrected chi connectivity index (χ2v) is 4.62. The number of fused-ring (bicyclic) bond motifs is 1. The van der Waals surface area contributed by atoms with Crippen molar-refractivity contribution in [3.63, 3.8) is 0 Å². The molecule has 0 bridgehead atoms. The van der Waals surface area contributed by atoms with E-state index in [1.54, 1.807) is 0 Å². The van der Waals surface area contributed by atoms with E-state index in [1.807, 2.05) is 13.8 Å². The molecule has 0 spiro atoms. The SMILES string of the molecule is CC1CCC(C)C2OC(=O)CC(=O)OC12. The predicted octanol–water partition coefficient (Wildman–Crippen LogP) is 1.28. The molecule has 1 aliphatic heterocycles. The first-order chi connectivity index (χ1) is 7.08. The number of hydrogen-bond donors (Lipinski definition) is 0. The summed E-state index contributed by atoms with van der Waals surface area (Å²) in [5.41, 5.74) is 0. The van der Waals surface area contributed by atoms with Gasteiger partial charge in [-0.15, -0.1) is 0 Å². The minimum atomic E-state index is -0.451. The Balaban J connectivity index is 2.21. The van der Waals surface area contributed by atoms with E-state index in [0.717, 1.165) is 12.8 Å². The molecule has 1 aliphatic carbocycles. The van der Waals surface area contributed by atoms with Crippen molar-refractivity contribution in [3.05, 3.63) is 0 Å². The summed E-state index contributed by atoms with van der Waals surface area (Å²) in [6, 6.07) is 0. The van der Waals surface area contributed by atoms with Gasteiger partial charge >= 0.3 is 11.9 Å². The molecular formula is C11H16O4. The smallest absolute Gasteiger partial charge is 0.317 e. The molecule has 0 aromatic carbocycles. The van der Waals surface area contributed by atoms with Gasteiger partial charge in [-0.1, -0.05) is 13.8 Å². The molecule has 1 saturated heterocycles. The molecule has 0 N–H and O–H groups in total. The molecular weight excluding hydrogens is 196 g/mol. The molecule has 2 fully saturated rings. The van der Waals surface area contributed by atoms with Crippen molar-refractivity contribution in [1.82, 2.24) is 0 Å². The number of carbonyl (C=O) groups is 2. The van der Waals surface area contributed by atoms with Crippen LogP contribution in [0, 0.1) is 11.8 Å². The summed E-state index contributed by atoms with van der Waals surface area (Å²) in [4.78, 5) is 22.6. The van der Waals surface area contributed by atoms with E-state index in [0.29, 0.717) is 0 Å². The minimum absolute atomic E-state index is 0.243. The molecule has 4 atom stereocenters. The van der Waals surface area contributed by atoms with Crippen LogP contribution >= 0.6 is 0 Å². The average molecular weight is 212 g/mol. The highest BCUT2D eigenvalue weighted by Gasteiger charge is 2.43. The van der Waals surface area contributed by atoms with Crippen LogP contribution in [-0.2, 0) is 19.1 Å². The third-order valence-electron chi connectivity index (χ3n) is 3.35. The summed E-state index contributed by atoms with van der Waals surface area (Å²) in [6.45, 7) is 4.08. The highest BCUT2D eigenvalue weighted by atomic mass is 16.6. The van der Waals surface area contributed by atoms with Gasteiger partial charge < -0.3 is 9.47 Å². The zero-order valence-corrected chi connectivity index (χ0v) is 9.06. The fourth-order valence-corrected chi connectivity index (χ4v) is 2.37. The van der Waals surface area contributed by atoms with Gasteiger partial charge in [0.15, 0.2) is 0 Å². The van der Waals surface area contributed by atoms with Crippen LogP contribution < -0.4 is 0 Å². The van der Waals surface area contributed by atoms with Gasteiger partial charge in [0.25, 0.3) is 0 Å². The number of ether oxygens (including phenoxy) is 2. The Labute approximate surface area is 88.9 Å². The van der Waals surface area contributed by atoms with E-state index in [9.17, 15) is 9.59 Å². The van der Waals surface area contributed by atoms with Gasteiger partial charge in [0.05, 0.1) is 0 Å². The van der Waals surface area contributed by atoms with Crippen molar-refractivity contribution in [2.24, 2.45) is 11.8 Å². The molecule has 0 radical (unpaired) electrons. The normalized spacial score (nSPS) is 41.2. The highest BCUT2D eigenvalue weighted by Crippen LogP contribution is 2.34. The Morgan fingerprint density at radius 3 is 1.73 bits per heavy atom. The van der Waals surface area contributed by atoms with Crippen molar-refractivity contribution in [3.8, 4) is 0 Å². The summed E-state index contributed by atoms with van der Waals surface area (Å²) < 4.78 is 10.6. The van der Waals surface area contributed by atoms with E-state index in [2.05, 4.69) is 0 Å². The topological polar surface area (TPSA) is 52.6 Å². The second-order valence-electron chi connectivity index (χ2n) is 4.62. The van der Waals surface area contributed by atoms with E-state index in [1.165, 1.54) is 0 Å². The molecule has 84 valence electrons. The molecule has 15 heavy (non-hydrogen) atoms. The van der Waals surface area contributed by atoms with Crippen molar-refractivity contribution in [1.29, 1.82) is 0 Å². The summed E-state index contributed by atoms with van der Waals surface area (Å²) in [5.74, 6) is -0.344. The fourth-order valence-electron chi connectivity index (χ4n) is 2.37. The van der Waals surface area contributed by atoms with Crippen LogP contribution in [0.15, 0.2) is 0 Å². The van der Waals surface area contributed by atoms with Crippen molar-refractivity contribution < 1.29 is 19.1 Å². The Kier molecular flexibility index (Phi) is 2.67. The van der Waals surface area contributed by atoms with Gasteiger partial charge in [-0.25, -0.2) is 0 Å². The highest BCUT2D eigenvalue weighted by molar-refractivity contribution is 5.91. The Morgan fingerprint density at radius 1 is 0.933 bits per heavy atom. The van der Waals surface area contributed by atoms with Crippen LogP contribution in [0.25, 0.3) is 0 Å². The molecule has 2 rings (SSSR count). The zero-order valence-electron chi connectivity index (χ0n) is 9.06. The van der Waals surface area contributed by atoms with Gasteiger partial charge in [0, 0.05) is 0 Å². The zero-order chi connectivity index (χ0) is 11.0. The van der Waals surface area contributed by atoms with Crippen LogP contribution in [0.1, 0.15) is 33.1 Å². The number of hydrogen-bond acceptors (Lipinski definition) is 4. The van der Waals surface area contributed by atoms with Gasteiger partial charge in [0.2, 0.25) is 0 Å². The molecule has 0 aromatic rings. The molecule has 1 saturated carbocycles. The Bertz CT molecular complexity index is 258. The lowest BCUT2D eigenvalue weighted by atomic mass is 9.79. The van der Waals surface area contributed by atoms with Crippen molar-refractivity contribution in [2.45, 2.75) is 45.3 Å². The monoisotopic (exact) mass is 212 g/mol. The van der Waals surface area contributed by atoms with E-state index >= 15 is 0 Å². The standard InChI is InChI=1S/C11H16O4/c1-6-3-4-7(2)11-10(6)14-8(12)5-9(13)15-11/h6-7,10-11H,3-5H2,1-2H3. The lowest BCUT2D eigenvalue weighted by molar-refractivity contribution is -0.165. The number of esters is 2. The summed E-state index contributed by atoms with van der Waals surface area (Å²) >= 11 is 0. The first-order valence-corrected chi connectivity index (χ1v) is 5.47. The minimum Gasteiger partial charge on any atom is -0.458 e. The van der Waals surface area contributed by atoms with Crippen LogP contribution in [0.3, 0.4) is 0 Å². The fraction of sp³-hybridized carbons (Fsp3) is 0.818. The molecule has 0 amide bonds. The van der Waals surface area contributed by atoms with Crippen LogP contribution in [0.2, 0.25) is 0 Å². The third kappa shape index (κ3) is 1.98. The van der Waals surface area contributed by atoms with Crippen LogP contribution in [0.5, 0.6) is 0 Å². The molecule has 0 aromatic heterocycles. The maximum atomic E-state index is 11.3. The lowest BCUT2D eigenvalue weighted by Crippen LogP contribution is -2.44. The lowest BCUT2D eigenvalue weighted by Gasteiger charge is -2.37. The largest absolute Gasteiger partial charge is 0.458 e. The summed E-state index contributed by atoms with van der Waals surface area (Å²) in [5, 5.41) is 0. The first-order valence-electron chi connectivity index (χ1n) is 5.47. The molecule has 1 heterocycles. The molecule has 2 aliphatic rings. The maximum Gasteiger partial charge on any atom is 0.317 e. The first kappa shape index (κ1) is 10.5. The Morgan fingerprint density at radius 2 is 1.33 bits per heavy atom. The molecule has 4 heteroatoms. The van der Waals surface area contributed by atoms with Crippen molar-refractivity contribution >= 4 is 11.9 Å². The number of rotatable bonds is 0. The van der Waals surface area contributed by atoms with Gasteiger partial charge in [-0.05, 0) is 24.7 Å². The van der Waals surface area contributed by atoms with Crippen LogP contribution in [-0.4, -0.2) is 24.1 Å². The quantitative estimate of drug-likeness (QED) is 0.448. The van der Waals surface area contributed by atoms with E-state index in [4.69, 9.17) is 9.47 Å². The van der Waals surface area contributed by atoms with Gasteiger partial charge in [-0.3, -0.25) is 9.59 Å². The Hall–Kier alpha value is -1.06. The second kappa shape index (κ2) is 3.83. The molecule has 4 unspecified atom stereocenters. The third-order valence-corrected chi connectivity index (χ3v) is 3.35. The molecule has 4 nitrogen and oxygen atoms in total. The maximum absolute atomic E-state index is 11.3.